The van der Waals surface area contributed by atoms with Gasteiger partial charge in [0, 0.05) is 17.1 Å². The summed E-state index contributed by atoms with van der Waals surface area (Å²) in [5.41, 5.74) is 0.166. The number of pyridine rings is 1. The van der Waals surface area contributed by atoms with Gasteiger partial charge in [0.1, 0.15) is 5.75 Å². The van der Waals surface area contributed by atoms with Crippen LogP contribution in [0, 0.1) is 0 Å². The average molecular weight is 267 g/mol. The Hall–Kier alpha value is -2.89. The lowest BCUT2D eigenvalue weighted by molar-refractivity contribution is -0.122. The van der Waals surface area contributed by atoms with E-state index in [4.69, 9.17) is 4.74 Å². The maximum Gasteiger partial charge on any atom is 0.322 e. The smallest absolute Gasteiger partial charge is 0.322 e. The molecule has 4 rings (SSSR count). The molecule has 2 aliphatic rings. The van der Waals surface area contributed by atoms with Crippen molar-refractivity contribution >= 4 is 22.8 Å². The number of hydrogen-bond acceptors (Lipinski definition) is 4. The molecule has 1 saturated heterocycles. The van der Waals surface area contributed by atoms with E-state index in [1.165, 1.54) is 12.3 Å². The van der Waals surface area contributed by atoms with E-state index in [1.54, 1.807) is 24.4 Å². The number of fused-ring (bicyclic) bond motifs is 4. The van der Waals surface area contributed by atoms with E-state index in [2.05, 4.69) is 15.6 Å². The van der Waals surface area contributed by atoms with Crippen molar-refractivity contribution in [3.63, 3.8) is 0 Å². The fourth-order valence-corrected chi connectivity index (χ4v) is 2.63. The number of imide groups is 1. The first kappa shape index (κ1) is 11.0. The highest BCUT2D eigenvalue weighted by Gasteiger charge is 2.49. The molecule has 6 nitrogen and oxygen atoms in total. The molecule has 1 atom stereocenters. The van der Waals surface area contributed by atoms with Gasteiger partial charge in [-0.15, -0.1) is 0 Å². The lowest BCUT2D eigenvalue weighted by atomic mass is 9.87. The van der Waals surface area contributed by atoms with Gasteiger partial charge in [0.25, 0.3) is 5.91 Å². The van der Waals surface area contributed by atoms with Gasteiger partial charge in [0.15, 0.2) is 5.54 Å². The van der Waals surface area contributed by atoms with Gasteiger partial charge < -0.3 is 10.1 Å². The van der Waals surface area contributed by atoms with Gasteiger partial charge in [-0.3, -0.25) is 15.1 Å². The Morgan fingerprint density at radius 3 is 2.90 bits per heavy atom. The molecule has 0 radical (unpaired) electrons. The molecule has 98 valence electrons. The van der Waals surface area contributed by atoms with Crippen LogP contribution < -0.4 is 15.4 Å². The summed E-state index contributed by atoms with van der Waals surface area (Å²) >= 11 is 0. The predicted molar refractivity (Wildman–Crippen MR) is 69.9 cm³/mol. The number of amides is 3. The summed E-state index contributed by atoms with van der Waals surface area (Å²) in [6.07, 6.45) is 4.64. The number of benzene rings is 1. The predicted octanol–water partition coefficient (Wildman–Crippen LogP) is 1.18. The third kappa shape index (κ3) is 1.25. The van der Waals surface area contributed by atoms with E-state index in [9.17, 15) is 9.59 Å². The Morgan fingerprint density at radius 2 is 2.10 bits per heavy atom. The van der Waals surface area contributed by atoms with E-state index in [0.29, 0.717) is 11.3 Å². The van der Waals surface area contributed by atoms with E-state index >= 15 is 0 Å². The summed E-state index contributed by atoms with van der Waals surface area (Å²) < 4.78 is 5.56. The second kappa shape index (κ2) is 3.57. The van der Waals surface area contributed by atoms with Gasteiger partial charge in [-0.25, -0.2) is 4.79 Å². The zero-order chi connectivity index (χ0) is 13.7. The van der Waals surface area contributed by atoms with Gasteiger partial charge in [-0.1, -0.05) is 0 Å². The number of nitrogens with zero attached hydrogens (tertiary/aromatic N) is 1. The number of carbonyl (C=O) groups excluding carboxylic acids is 2. The fraction of sp³-hybridized carbons (Fsp3) is 0.0714. The van der Waals surface area contributed by atoms with Crippen LogP contribution in [0.2, 0.25) is 0 Å². The minimum atomic E-state index is -1.20. The van der Waals surface area contributed by atoms with Crippen molar-refractivity contribution in [2.45, 2.75) is 5.54 Å². The summed E-state index contributed by atoms with van der Waals surface area (Å²) in [4.78, 5) is 27.9. The van der Waals surface area contributed by atoms with Crippen LogP contribution in [0.1, 0.15) is 5.56 Å². The lowest BCUT2D eigenvalue weighted by Crippen LogP contribution is -2.43. The zero-order valence-electron chi connectivity index (χ0n) is 10.2. The summed E-state index contributed by atoms with van der Waals surface area (Å²) in [5, 5.41) is 5.70. The number of rotatable bonds is 0. The average Bonchev–Trinajstić information content (AvgIpc) is 2.74. The molecule has 0 bridgehead atoms. The Labute approximate surface area is 113 Å². The molecule has 3 heterocycles. The normalized spacial score (nSPS) is 23.4. The van der Waals surface area contributed by atoms with E-state index < -0.39 is 17.5 Å². The quantitative estimate of drug-likeness (QED) is 0.702. The number of hydrogen-bond donors (Lipinski definition) is 2. The molecule has 2 aromatic rings. The minimum absolute atomic E-state index is 0.411. The lowest BCUT2D eigenvalue weighted by Gasteiger charge is -2.28. The monoisotopic (exact) mass is 267 g/mol. The Bertz CT molecular complexity index is 799. The molecule has 6 heteroatoms. The molecule has 0 saturated carbocycles. The first-order valence-electron chi connectivity index (χ1n) is 6.07. The van der Waals surface area contributed by atoms with Crippen molar-refractivity contribution < 1.29 is 14.3 Å². The van der Waals surface area contributed by atoms with Crippen LogP contribution >= 0.6 is 0 Å². The van der Waals surface area contributed by atoms with Gasteiger partial charge in [0.05, 0.1) is 11.8 Å². The van der Waals surface area contributed by atoms with Gasteiger partial charge in [-0.2, -0.15) is 0 Å². The summed E-state index contributed by atoms with van der Waals surface area (Å²) in [7, 11) is 0. The van der Waals surface area contributed by atoms with Crippen LogP contribution in [0.25, 0.3) is 10.9 Å². The van der Waals surface area contributed by atoms with Crippen LogP contribution in [0.15, 0.2) is 42.8 Å². The largest absolute Gasteiger partial charge is 0.464 e. The first-order valence-corrected chi connectivity index (χ1v) is 6.07. The molecular formula is C14H9N3O3. The summed E-state index contributed by atoms with van der Waals surface area (Å²) in [6.45, 7) is 0. The van der Waals surface area contributed by atoms with Gasteiger partial charge in [0.2, 0.25) is 0 Å². The number of ether oxygens (including phenoxy) is 1. The molecule has 2 aliphatic heterocycles. The minimum Gasteiger partial charge on any atom is -0.464 e. The van der Waals surface area contributed by atoms with E-state index in [-0.39, 0.29) is 0 Å². The van der Waals surface area contributed by atoms with Gasteiger partial charge >= 0.3 is 6.03 Å². The third-order valence-corrected chi connectivity index (χ3v) is 3.56. The molecule has 1 unspecified atom stereocenters. The topological polar surface area (TPSA) is 80.3 Å². The Balaban J connectivity index is 2.03. The van der Waals surface area contributed by atoms with Gasteiger partial charge in [-0.05, 0) is 30.3 Å². The van der Waals surface area contributed by atoms with Crippen LogP contribution in [0.5, 0.6) is 5.75 Å². The van der Waals surface area contributed by atoms with Crippen molar-refractivity contribution in [1.82, 2.24) is 15.6 Å². The highest BCUT2D eigenvalue weighted by molar-refractivity contribution is 6.10. The first-order chi connectivity index (χ1) is 9.71. The fourth-order valence-electron chi connectivity index (χ4n) is 2.63. The Kier molecular flexibility index (Phi) is 1.96. The number of urea groups is 1. The molecule has 1 aromatic carbocycles. The maximum atomic E-state index is 12.1. The van der Waals surface area contributed by atoms with Crippen molar-refractivity contribution in [2.24, 2.45) is 0 Å². The molecule has 1 fully saturated rings. The van der Waals surface area contributed by atoms with E-state index in [1.807, 2.05) is 6.07 Å². The third-order valence-electron chi connectivity index (χ3n) is 3.56. The number of nitrogens with one attached hydrogen (secondary N) is 2. The highest BCUT2D eigenvalue weighted by atomic mass is 16.5. The molecule has 1 aromatic heterocycles. The van der Waals surface area contributed by atoms with Crippen molar-refractivity contribution in [2.75, 3.05) is 0 Å². The van der Waals surface area contributed by atoms with Crippen LogP contribution in [-0.2, 0) is 10.3 Å². The molecule has 3 amide bonds. The summed E-state index contributed by atoms with van der Waals surface area (Å²) in [6, 6.07) is 6.70. The molecule has 0 aliphatic carbocycles. The standard InChI is InChI=1S/C14H9N3O3/c18-12-14(17-13(19)16-12)5-7-20-11-8-2-1-6-15-10(8)4-3-9(11)14/h1-7H,(H2,16,17,18,19). The van der Waals surface area contributed by atoms with Crippen molar-refractivity contribution in [3.8, 4) is 5.75 Å². The Morgan fingerprint density at radius 1 is 1.20 bits per heavy atom. The zero-order valence-corrected chi connectivity index (χ0v) is 10.2. The van der Waals surface area contributed by atoms with Crippen molar-refractivity contribution in [1.29, 1.82) is 0 Å². The number of carbonyl (C=O) groups is 2. The second-order valence-corrected chi connectivity index (χ2v) is 4.65. The van der Waals surface area contributed by atoms with E-state index in [0.717, 1.165) is 10.9 Å². The van der Waals surface area contributed by atoms with Crippen LogP contribution in [0.3, 0.4) is 0 Å². The molecule has 20 heavy (non-hydrogen) atoms. The highest BCUT2D eigenvalue weighted by Crippen LogP contribution is 2.40. The second-order valence-electron chi connectivity index (χ2n) is 4.65. The number of aromatic nitrogens is 1. The summed E-state index contributed by atoms with van der Waals surface area (Å²) in [5.74, 6) is 0.127. The van der Waals surface area contributed by atoms with Crippen molar-refractivity contribution in [3.05, 3.63) is 48.4 Å². The molecule has 1 spiro atoms. The SMILES string of the molecule is O=C1NC(=O)C2(C=COc3c2ccc2ncccc32)N1. The molecule has 2 N–H and O–H groups in total. The van der Waals surface area contributed by atoms with Crippen LogP contribution in [-0.4, -0.2) is 16.9 Å². The maximum absolute atomic E-state index is 12.1. The molecular weight excluding hydrogens is 258 g/mol. The van der Waals surface area contributed by atoms with Crippen LogP contribution in [0.4, 0.5) is 4.79 Å².